The van der Waals surface area contributed by atoms with Crippen LogP contribution in [0.1, 0.15) is 38.5 Å². The van der Waals surface area contributed by atoms with Crippen LogP contribution < -0.4 is 16.4 Å². The number of nitrogens with two attached hydrogens (primary N) is 2. The van der Waals surface area contributed by atoms with E-state index in [1.165, 1.54) is 32.1 Å². The van der Waals surface area contributed by atoms with Crippen molar-refractivity contribution in [3.63, 3.8) is 0 Å². The van der Waals surface area contributed by atoms with Gasteiger partial charge in [0.2, 0.25) is 5.95 Å². The first kappa shape index (κ1) is 17.3. The minimum absolute atomic E-state index is 0.312. The number of aromatic nitrogens is 4. The van der Waals surface area contributed by atoms with Crippen molar-refractivity contribution < 1.29 is 0 Å². The number of piperidine rings is 1. The lowest BCUT2D eigenvalue weighted by Crippen LogP contribution is -2.44. The van der Waals surface area contributed by atoms with Gasteiger partial charge in [-0.25, -0.2) is 4.98 Å². The lowest BCUT2D eigenvalue weighted by atomic mass is 9.89. The maximum absolute atomic E-state index is 6.12. The van der Waals surface area contributed by atoms with Crippen LogP contribution in [0.3, 0.4) is 0 Å². The van der Waals surface area contributed by atoms with Gasteiger partial charge in [0, 0.05) is 29.6 Å². The standard InChI is InChI=1S/C21H26N7/c22-20-15-9-8-14(11-17(15)26-27-20)16-12-19(25-21(23)24-16)28-10-4-3-7-18(28)13-5-1-2-6-13/h7-9,11-13,18H,1-6,10H2,(H3,22,26,27)(H2,23,24,25). The molecule has 1 aliphatic carbocycles. The number of nitrogens with zero attached hydrogens (tertiary/aromatic N) is 4. The molecule has 145 valence electrons. The van der Waals surface area contributed by atoms with Crippen molar-refractivity contribution in [2.45, 2.75) is 44.6 Å². The second-order valence-corrected chi connectivity index (χ2v) is 7.95. The van der Waals surface area contributed by atoms with Gasteiger partial charge in [-0.3, -0.25) is 5.10 Å². The van der Waals surface area contributed by atoms with Gasteiger partial charge in [-0.15, -0.1) is 0 Å². The Balaban J connectivity index is 1.52. The molecule has 1 saturated heterocycles. The fourth-order valence-electron chi connectivity index (χ4n) is 4.79. The number of H-pyrrole nitrogens is 1. The fraction of sp³-hybridized carbons (Fsp3) is 0.429. The van der Waals surface area contributed by atoms with Crippen LogP contribution >= 0.6 is 0 Å². The molecule has 0 bridgehead atoms. The number of nitrogen functional groups attached to an aromatic ring is 2. The van der Waals surface area contributed by atoms with E-state index in [4.69, 9.17) is 11.5 Å². The first-order valence-corrected chi connectivity index (χ1v) is 10.2. The average Bonchev–Trinajstić information content (AvgIpc) is 3.38. The van der Waals surface area contributed by atoms with Gasteiger partial charge in [0.25, 0.3) is 0 Å². The van der Waals surface area contributed by atoms with Gasteiger partial charge in [0.05, 0.1) is 11.2 Å². The Morgan fingerprint density at radius 1 is 1.04 bits per heavy atom. The summed E-state index contributed by atoms with van der Waals surface area (Å²) in [6.45, 7) is 1.02. The van der Waals surface area contributed by atoms with Crippen molar-refractivity contribution in [2.24, 2.45) is 5.92 Å². The number of hydrogen-bond acceptors (Lipinski definition) is 6. The summed E-state index contributed by atoms with van der Waals surface area (Å²) in [4.78, 5) is 11.5. The second kappa shape index (κ2) is 6.96. The summed E-state index contributed by atoms with van der Waals surface area (Å²) in [6.07, 6.45) is 10.1. The predicted molar refractivity (Wildman–Crippen MR) is 113 cm³/mol. The topological polar surface area (TPSA) is 110 Å². The molecule has 1 radical (unpaired) electrons. The van der Waals surface area contributed by atoms with Crippen LogP contribution in [0.15, 0.2) is 24.3 Å². The van der Waals surface area contributed by atoms with Crippen molar-refractivity contribution in [1.82, 2.24) is 20.2 Å². The third-order valence-electron chi connectivity index (χ3n) is 6.17. The van der Waals surface area contributed by atoms with E-state index in [2.05, 4.69) is 37.6 Å². The fourth-order valence-corrected chi connectivity index (χ4v) is 4.79. The summed E-state index contributed by atoms with van der Waals surface area (Å²) in [5.41, 5.74) is 14.7. The number of nitrogens with one attached hydrogen (secondary N) is 1. The molecule has 28 heavy (non-hydrogen) atoms. The van der Waals surface area contributed by atoms with Gasteiger partial charge in [0.1, 0.15) is 5.82 Å². The van der Waals surface area contributed by atoms with Gasteiger partial charge in [-0.05, 0) is 50.2 Å². The number of hydrogen-bond donors (Lipinski definition) is 3. The SMILES string of the molecule is Nc1nc(-c2ccc3c(N)n[nH]c3c2)cc(N2CCC[CH]C2C2CCCC2)n1. The number of benzene rings is 1. The molecule has 2 aromatic heterocycles. The Morgan fingerprint density at radius 3 is 2.75 bits per heavy atom. The molecule has 2 fully saturated rings. The molecule has 7 nitrogen and oxygen atoms in total. The monoisotopic (exact) mass is 376 g/mol. The van der Waals surface area contributed by atoms with Gasteiger partial charge < -0.3 is 16.4 Å². The molecule has 0 amide bonds. The van der Waals surface area contributed by atoms with Gasteiger partial charge in [-0.2, -0.15) is 10.1 Å². The summed E-state index contributed by atoms with van der Waals surface area (Å²) < 4.78 is 0. The van der Waals surface area contributed by atoms with Gasteiger partial charge in [0.15, 0.2) is 5.82 Å². The van der Waals surface area contributed by atoms with Crippen LogP contribution in [0.5, 0.6) is 0 Å². The molecule has 0 spiro atoms. The van der Waals surface area contributed by atoms with Crippen LogP contribution in [-0.2, 0) is 0 Å². The van der Waals surface area contributed by atoms with Crippen molar-refractivity contribution in [1.29, 1.82) is 0 Å². The molecule has 1 aliphatic heterocycles. The summed E-state index contributed by atoms with van der Waals surface area (Å²) in [7, 11) is 0. The second-order valence-electron chi connectivity index (χ2n) is 7.95. The molecular formula is C21H26N7. The molecule has 1 unspecified atom stereocenters. The van der Waals surface area contributed by atoms with Crippen molar-refractivity contribution in [3.05, 3.63) is 30.7 Å². The lowest BCUT2D eigenvalue weighted by Gasteiger charge is -2.40. The van der Waals surface area contributed by atoms with E-state index in [0.717, 1.165) is 46.9 Å². The van der Waals surface area contributed by atoms with E-state index in [1.807, 2.05) is 18.2 Å². The zero-order chi connectivity index (χ0) is 19.1. The number of fused-ring (bicyclic) bond motifs is 1. The third kappa shape index (κ3) is 3.04. The first-order chi connectivity index (χ1) is 13.7. The van der Waals surface area contributed by atoms with Crippen LogP contribution in [0.2, 0.25) is 0 Å². The minimum Gasteiger partial charge on any atom is -0.382 e. The van der Waals surface area contributed by atoms with E-state index in [1.54, 1.807) is 0 Å². The van der Waals surface area contributed by atoms with Gasteiger partial charge in [-0.1, -0.05) is 18.9 Å². The van der Waals surface area contributed by atoms with Gasteiger partial charge >= 0.3 is 0 Å². The molecular weight excluding hydrogens is 350 g/mol. The van der Waals surface area contributed by atoms with E-state index in [0.29, 0.717) is 17.8 Å². The number of anilines is 3. The Hall–Kier alpha value is -2.83. The van der Waals surface area contributed by atoms with Crippen molar-refractivity contribution >= 4 is 28.5 Å². The quantitative estimate of drug-likeness (QED) is 0.645. The molecule has 5 N–H and O–H groups in total. The molecule has 1 aromatic carbocycles. The maximum atomic E-state index is 6.12. The smallest absolute Gasteiger partial charge is 0.222 e. The molecule has 5 rings (SSSR count). The highest BCUT2D eigenvalue weighted by molar-refractivity contribution is 5.91. The molecule has 1 atom stereocenters. The average molecular weight is 376 g/mol. The first-order valence-electron chi connectivity index (χ1n) is 10.2. The summed E-state index contributed by atoms with van der Waals surface area (Å²) in [6, 6.07) is 8.52. The Labute approximate surface area is 164 Å². The van der Waals surface area contributed by atoms with Crippen LogP contribution in [0.4, 0.5) is 17.6 Å². The van der Waals surface area contributed by atoms with E-state index >= 15 is 0 Å². The zero-order valence-corrected chi connectivity index (χ0v) is 15.9. The third-order valence-corrected chi connectivity index (χ3v) is 6.17. The van der Waals surface area contributed by atoms with Crippen LogP contribution in [-0.4, -0.2) is 32.8 Å². The minimum atomic E-state index is 0.312. The predicted octanol–water partition coefficient (Wildman–Crippen LogP) is 3.55. The highest BCUT2D eigenvalue weighted by Gasteiger charge is 2.33. The van der Waals surface area contributed by atoms with E-state index in [9.17, 15) is 0 Å². The largest absolute Gasteiger partial charge is 0.382 e. The van der Waals surface area contributed by atoms with Crippen LogP contribution in [0.25, 0.3) is 22.2 Å². The highest BCUT2D eigenvalue weighted by atomic mass is 15.2. The van der Waals surface area contributed by atoms with Crippen LogP contribution in [0, 0.1) is 12.3 Å². The molecule has 7 heteroatoms. The lowest BCUT2D eigenvalue weighted by molar-refractivity contribution is 0.401. The van der Waals surface area contributed by atoms with E-state index in [-0.39, 0.29) is 0 Å². The Morgan fingerprint density at radius 2 is 1.89 bits per heavy atom. The number of aromatic amines is 1. The molecule has 3 aromatic rings. The Kier molecular flexibility index (Phi) is 4.30. The van der Waals surface area contributed by atoms with Crippen molar-refractivity contribution in [2.75, 3.05) is 22.9 Å². The summed E-state index contributed by atoms with van der Waals surface area (Å²) in [5.74, 6) is 2.48. The molecule has 3 heterocycles. The molecule has 1 saturated carbocycles. The maximum Gasteiger partial charge on any atom is 0.222 e. The number of rotatable bonds is 3. The zero-order valence-electron chi connectivity index (χ0n) is 15.9. The highest BCUT2D eigenvalue weighted by Crippen LogP contribution is 2.37. The summed E-state index contributed by atoms with van der Waals surface area (Å²) >= 11 is 0. The molecule has 2 aliphatic rings. The summed E-state index contributed by atoms with van der Waals surface area (Å²) in [5, 5.41) is 7.96. The normalized spacial score (nSPS) is 20.9. The Bertz CT molecular complexity index is 990. The van der Waals surface area contributed by atoms with Crippen molar-refractivity contribution in [3.8, 4) is 11.3 Å². The van der Waals surface area contributed by atoms with E-state index < -0.39 is 0 Å².